The summed E-state index contributed by atoms with van der Waals surface area (Å²) in [4.78, 5) is 14.1. The highest BCUT2D eigenvalue weighted by atomic mass is 32.2. The number of aliphatic hydroxyl groups is 2. The van der Waals surface area contributed by atoms with Gasteiger partial charge in [0.05, 0.1) is 18.2 Å². The van der Waals surface area contributed by atoms with Gasteiger partial charge in [0, 0.05) is 39.2 Å². The molecule has 2 aromatic carbocycles. The van der Waals surface area contributed by atoms with E-state index in [1.54, 1.807) is 4.57 Å². The van der Waals surface area contributed by atoms with Crippen LogP contribution in [0.1, 0.15) is 41.9 Å². The summed E-state index contributed by atoms with van der Waals surface area (Å²) < 4.78 is 43.9. The van der Waals surface area contributed by atoms with Crippen molar-refractivity contribution >= 4 is 27.0 Å². The molecule has 6 rings (SSSR count). The van der Waals surface area contributed by atoms with Crippen LogP contribution in [0.3, 0.4) is 0 Å². The number of primary sulfonamides is 1. The first-order valence-corrected chi connectivity index (χ1v) is 17.0. The van der Waals surface area contributed by atoms with E-state index in [1.807, 2.05) is 36.4 Å². The fraction of sp³-hybridized carbons (Fsp3) is 0.469. The minimum absolute atomic E-state index is 0.0247. The van der Waals surface area contributed by atoms with Crippen molar-refractivity contribution in [1.29, 1.82) is 0 Å². The highest BCUT2D eigenvalue weighted by Gasteiger charge is 2.44. The number of benzene rings is 2. The molecule has 5 N–H and O–H groups in total. The van der Waals surface area contributed by atoms with Crippen LogP contribution in [-0.2, 0) is 30.7 Å². The van der Waals surface area contributed by atoms with Crippen LogP contribution >= 0.6 is 0 Å². The Balaban J connectivity index is 1.40. The summed E-state index contributed by atoms with van der Waals surface area (Å²) in [5, 5.41) is 29.9. The van der Waals surface area contributed by atoms with Crippen molar-refractivity contribution < 1.29 is 32.8 Å². The fourth-order valence-electron chi connectivity index (χ4n) is 6.44. The number of anilines is 1. The average molecular weight is 653 g/mol. The Bertz CT molecular complexity index is 1660. The van der Waals surface area contributed by atoms with Gasteiger partial charge in [0.25, 0.3) is 0 Å². The second-order valence-corrected chi connectivity index (χ2v) is 13.6. The maximum absolute atomic E-state index is 12.9. The molecular formula is C32H40N6O7S. The van der Waals surface area contributed by atoms with Gasteiger partial charge in [0.1, 0.15) is 24.1 Å². The number of aromatic nitrogens is 4. The largest absolute Gasteiger partial charge is 0.387 e. The Hall–Kier alpha value is -3.50. The van der Waals surface area contributed by atoms with Crippen LogP contribution in [0, 0.1) is 5.92 Å². The third kappa shape index (κ3) is 6.93. The minimum Gasteiger partial charge on any atom is -0.387 e. The van der Waals surface area contributed by atoms with E-state index in [2.05, 4.69) is 34.6 Å². The number of sulfonamides is 1. The van der Waals surface area contributed by atoms with Crippen LogP contribution in [0.4, 0.5) is 5.82 Å². The van der Waals surface area contributed by atoms with Gasteiger partial charge in [-0.05, 0) is 29.9 Å². The van der Waals surface area contributed by atoms with Crippen LogP contribution in [0.25, 0.3) is 11.2 Å². The molecule has 246 valence electrons. The van der Waals surface area contributed by atoms with Crippen molar-refractivity contribution in [2.45, 2.75) is 55.0 Å². The number of ether oxygens (including phenoxy) is 3. The standard InChI is InChI=1S/C32H40N6O7S/c1-43-18-24-28(39)29(40)32(45-24)38-19-35-27-30(34-17-23(20-8-4-2-5-9-20)21-10-6-3-7-11-21)36-26(37-31(27)38)16-25(46(33,41)42)22-12-14-44-15-13-22/h2-11,19,22-25,28-29,32,39-40H,12-18H2,1H3,(H2,33,41,42)(H,34,36,37)/t24-,25?,28-,29-,32-/m1/s1. The number of aliphatic hydroxyl groups excluding tert-OH is 2. The highest BCUT2D eigenvalue weighted by Crippen LogP contribution is 2.34. The summed E-state index contributed by atoms with van der Waals surface area (Å²) in [7, 11) is -2.47. The molecule has 2 fully saturated rings. The number of nitrogens with one attached hydrogen (secondary N) is 1. The lowest BCUT2D eigenvalue weighted by Crippen LogP contribution is -2.40. The summed E-state index contributed by atoms with van der Waals surface area (Å²) in [5.74, 6) is 0.397. The van der Waals surface area contributed by atoms with Gasteiger partial charge in [0.15, 0.2) is 23.2 Å². The summed E-state index contributed by atoms with van der Waals surface area (Å²) >= 11 is 0. The maximum atomic E-state index is 12.9. The average Bonchev–Trinajstić information content (AvgIpc) is 3.61. The number of hydrogen-bond acceptors (Lipinski definition) is 11. The molecule has 0 bridgehead atoms. The minimum atomic E-state index is -3.96. The molecule has 1 unspecified atom stereocenters. The zero-order valence-corrected chi connectivity index (χ0v) is 26.4. The Morgan fingerprint density at radius 3 is 2.28 bits per heavy atom. The molecule has 4 aromatic rings. The van der Waals surface area contributed by atoms with E-state index >= 15 is 0 Å². The van der Waals surface area contributed by atoms with E-state index in [4.69, 9.17) is 29.3 Å². The van der Waals surface area contributed by atoms with Crippen molar-refractivity contribution in [3.63, 3.8) is 0 Å². The lowest BCUT2D eigenvalue weighted by molar-refractivity contribution is -0.0580. The fourth-order valence-corrected chi connectivity index (χ4v) is 7.63. The normalized spacial score (nSPS) is 23.2. The molecule has 0 spiro atoms. The number of imidazole rings is 1. The van der Waals surface area contributed by atoms with Gasteiger partial charge in [-0.1, -0.05) is 60.7 Å². The smallest absolute Gasteiger partial charge is 0.212 e. The van der Waals surface area contributed by atoms with Crippen LogP contribution in [0.5, 0.6) is 0 Å². The third-order valence-corrected chi connectivity index (χ3v) is 10.3. The number of fused-ring (bicyclic) bond motifs is 1. The van der Waals surface area contributed by atoms with Crippen molar-refractivity contribution in [2.24, 2.45) is 11.1 Å². The van der Waals surface area contributed by atoms with Crippen LogP contribution in [0.2, 0.25) is 0 Å². The molecular weight excluding hydrogens is 612 g/mol. The Morgan fingerprint density at radius 2 is 1.67 bits per heavy atom. The van der Waals surface area contributed by atoms with Crippen LogP contribution in [-0.4, -0.2) is 95.2 Å². The second kappa shape index (κ2) is 14.1. The zero-order chi connectivity index (χ0) is 32.3. The molecule has 0 saturated carbocycles. The highest BCUT2D eigenvalue weighted by molar-refractivity contribution is 7.89. The molecule has 2 saturated heterocycles. The van der Waals surface area contributed by atoms with Gasteiger partial charge in [-0.25, -0.2) is 28.5 Å². The van der Waals surface area contributed by atoms with E-state index in [1.165, 1.54) is 13.4 Å². The van der Waals surface area contributed by atoms with Gasteiger partial charge in [-0.15, -0.1) is 0 Å². The molecule has 2 aliphatic rings. The van der Waals surface area contributed by atoms with Crippen molar-refractivity contribution in [2.75, 3.05) is 38.8 Å². The van der Waals surface area contributed by atoms with Crippen LogP contribution < -0.4 is 10.5 Å². The number of rotatable bonds is 12. The molecule has 46 heavy (non-hydrogen) atoms. The van der Waals surface area contributed by atoms with Crippen molar-refractivity contribution in [1.82, 2.24) is 19.5 Å². The molecule has 0 amide bonds. The molecule has 4 heterocycles. The number of methoxy groups -OCH3 is 1. The monoisotopic (exact) mass is 652 g/mol. The SMILES string of the molecule is COC[C@H]1O[C@@H](n2cnc3c(NCC(c4ccccc4)c4ccccc4)nc(CC(C4CCOCC4)S(N)(=O)=O)nc32)[C@H](O)[C@@H]1O. The molecule has 5 atom stereocenters. The van der Waals surface area contributed by atoms with E-state index in [0.717, 1.165) is 11.1 Å². The van der Waals surface area contributed by atoms with E-state index in [9.17, 15) is 18.6 Å². The Labute approximate surface area is 267 Å². The van der Waals surface area contributed by atoms with Crippen molar-refractivity contribution in [3.05, 3.63) is 83.9 Å². The molecule has 0 radical (unpaired) electrons. The molecule has 0 aliphatic carbocycles. The van der Waals surface area contributed by atoms with E-state index in [0.29, 0.717) is 49.6 Å². The predicted octanol–water partition coefficient (Wildman–Crippen LogP) is 1.96. The quantitative estimate of drug-likeness (QED) is 0.175. The van der Waals surface area contributed by atoms with Gasteiger partial charge < -0.3 is 29.7 Å². The number of nitrogens with two attached hydrogens (primary N) is 1. The summed E-state index contributed by atoms with van der Waals surface area (Å²) in [5.41, 5.74) is 2.93. The van der Waals surface area contributed by atoms with Gasteiger partial charge in [-0.2, -0.15) is 0 Å². The topological polar surface area (TPSA) is 184 Å². The summed E-state index contributed by atoms with van der Waals surface area (Å²) in [6.45, 7) is 1.44. The zero-order valence-electron chi connectivity index (χ0n) is 25.6. The molecule has 13 nitrogen and oxygen atoms in total. The molecule has 2 aromatic heterocycles. The van der Waals surface area contributed by atoms with E-state index < -0.39 is 39.8 Å². The first kappa shape index (κ1) is 32.4. The number of nitrogens with zero attached hydrogens (tertiary/aromatic N) is 4. The second-order valence-electron chi connectivity index (χ2n) is 11.9. The maximum Gasteiger partial charge on any atom is 0.212 e. The lowest BCUT2D eigenvalue weighted by Gasteiger charge is -2.28. The van der Waals surface area contributed by atoms with Gasteiger partial charge in [0.2, 0.25) is 10.0 Å². The van der Waals surface area contributed by atoms with E-state index in [-0.39, 0.29) is 30.7 Å². The first-order valence-electron chi connectivity index (χ1n) is 15.4. The van der Waals surface area contributed by atoms with Crippen LogP contribution in [0.15, 0.2) is 67.0 Å². The summed E-state index contributed by atoms with van der Waals surface area (Å²) in [6, 6.07) is 20.2. The van der Waals surface area contributed by atoms with Gasteiger partial charge >= 0.3 is 0 Å². The number of hydrogen-bond donors (Lipinski definition) is 4. The molecule has 2 aliphatic heterocycles. The lowest BCUT2D eigenvalue weighted by atomic mass is 9.91. The molecule has 14 heteroatoms. The van der Waals surface area contributed by atoms with Crippen molar-refractivity contribution in [3.8, 4) is 0 Å². The Kier molecular flexibility index (Phi) is 9.94. The first-order chi connectivity index (χ1) is 22.2. The third-order valence-electron chi connectivity index (χ3n) is 8.89. The Morgan fingerprint density at radius 1 is 1.02 bits per heavy atom. The van der Waals surface area contributed by atoms with Gasteiger partial charge in [-0.3, -0.25) is 4.57 Å². The predicted molar refractivity (Wildman–Crippen MR) is 170 cm³/mol. The summed E-state index contributed by atoms with van der Waals surface area (Å²) in [6.07, 6.45) is -1.69.